The van der Waals surface area contributed by atoms with Gasteiger partial charge in [-0.2, -0.15) is 0 Å². The summed E-state index contributed by atoms with van der Waals surface area (Å²) in [6, 6.07) is 18.0. The summed E-state index contributed by atoms with van der Waals surface area (Å²) in [5, 5.41) is 0.788. The lowest BCUT2D eigenvalue weighted by Gasteiger charge is -2.08. The molecule has 0 spiro atoms. The Hall–Kier alpha value is -2.95. The lowest BCUT2D eigenvalue weighted by atomic mass is 10.1. The second-order valence-corrected chi connectivity index (χ2v) is 7.16. The summed E-state index contributed by atoms with van der Waals surface area (Å²) in [5.74, 6) is 1.83. The third-order valence-corrected chi connectivity index (χ3v) is 5.31. The standard InChI is InChI=1S/C23H16Cl2O4/c1-27-16-7-5-14(6-8-16)13-28-17-9-10-18-20(12-17)29-21(23(18)26)11-15-3-2-4-19(24)22(15)25/h2-12H,13H2,1H3/b21-11-. The number of rotatable bonds is 5. The minimum Gasteiger partial charge on any atom is -0.497 e. The summed E-state index contributed by atoms with van der Waals surface area (Å²) >= 11 is 12.2. The number of methoxy groups -OCH3 is 1. The van der Waals surface area contributed by atoms with Crippen molar-refractivity contribution in [1.82, 2.24) is 0 Å². The first-order chi connectivity index (χ1) is 14.0. The quantitative estimate of drug-likeness (QED) is 0.455. The molecule has 0 saturated carbocycles. The largest absolute Gasteiger partial charge is 0.497 e. The van der Waals surface area contributed by atoms with Gasteiger partial charge in [-0.15, -0.1) is 0 Å². The van der Waals surface area contributed by atoms with E-state index in [4.69, 9.17) is 37.4 Å². The number of ketones is 1. The van der Waals surface area contributed by atoms with Gasteiger partial charge in [-0.1, -0.05) is 47.5 Å². The predicted octanol–water partition coefficient (Wildman–Crippen LogP) is 6.20. The third kappa shape index (κ3) is 4.09. The van der Waals surface area contributed by atoms with E-state index in [0.29, 0.717) is 39.3 Å². The maximum Gasteiger partial charge on any atom is 0.231 e. The van der Waals surface area contributed by atoms with E-state index in [2.05, 4.69) is 0 Å². The van der Waals surface area contributed by atoms with Crippen LogP contribution in [0.4, 0.5) is 0 Å². The fourth-order valence-corrected chi connectivity index (χ4v) is 3.28. The number of hydrogen-bond donors (Lipinski definition) is 0. The predicted molar refractivity (Wildman–Crippen MR) is 113 cm³/mol. The SMILES string of the molecule is COc1ccc(COc2ccc3c(c2)O/C(=C\c2cccc(Cl)c2Cl)C3=O)cc1. The van der Waals surface area contributed by atoms with Gasteiger partial charge in [-0.25, -0.2) is 0 Å². The molecule has 6 heteroatoms. The average Bonchev–Trinajstić information content (AvgIpc) is 3.05. The van der Waals surface area contributed by atoms with Gasteiger partial charge in [0.2, 0.25) is 5.78 Å². The Kier molecular flexibility index (Phi) is 5.47. The van der Waals surface area contributed by atoms with E-state index >= 15 is 0 Å². The number of allylic oxidation sites excluding steroid dienone is 1. The number of halogens is 2. The Bertz CT molecular complexity index is 1100. The minimum atomic E-state index is -0.210. The van der Waals surface area contributed by atoms with Crippen LogP contribution in [0.2, 0.25) is 10.0 Å². The Morgan fingerprint density at radius 2 is 1.76 bits per heavy atom. The first-order valence-corrected chi connectivity index (χ1v) is 9.59. The number of hydrogen-bond acceptors (Lipinski definition) is 4. The van der Waals surface area contributed by atoms with E-state index < -0.39 is 0 Å². The van der Waals surface area contributed by atoms with E-state index in [1.807, 2.05) is 24.3 Å². The molecule has 0 saturated heterocycles. The molecule has 0 amide bonds. The molecule has 1 aliphatic heterocycles. The Morgan fingerprint density at radius 1 is 1.00 bits per heavy atom. The van der Waals surface area contributed by atoms with Gasteiger partial charge >= 0.3 is 0 Å². The highest BCUT2D eigenvalue weighted by atomic mass is 35.5. The number of ether oxygens (including phenoxy) is 3. The van der Waals surface area contributed by atoms with Crippen molar-refractivity contribution in [3.63, 3.8) is 0 Å². The maximum atomic E-state index is 12.6. The second-order valence-electron chi connectivity index (χ2n) is 6.38. The molecule has 0 radical (unpaired) electrons. The van der Waals surface area contributed by atoms with Gasteiger partial charge in [-0.05, 0) is 47.5 Å². The molecule has 0 aromatic heterocycles. The Balaban J connectivity index is 1.51. The first-order valence-electron chi connectivity index (χ1n) is 8.83. The summed E-state index contributed by atoms with van der Waals surface area (Å²) in [5.41, 5.74) is 2.09. The number of Topliss-reactive ketones (excluding diaryl/α,β-unsaturated/α-hetero) is 1. The van der Waals surface area contributed by atoms with Crippen LogP contribution in [0.25, 0.3) is 6.08 Å². The van der Waals surface area contributed by atoms with Gasteiger partial charge in [0.1, 0.15) is 23.9 Å². The molecule has 0 unspecified atom stereocenters. The van der Waals surface area contributed by atoms with Crippen LogP contribution < -0.4 is 14.2 Å². The Labute approximate surface area is 178 Å². The molecule has 1 aliphatic rings. The van der Waals surface area contributed by atoms with E-state index in [-0.39, 0.29) is 11.5 Å². The van der Waals surface area contributed by atoms with Gasteiger partial charge in [0.25, 0.3) is 0 Å². The molecule has 3 aromatic rings. The summed E-state index contributed by atoms with van der Waals surface area (Å²) in [6.45, 7) is 0.386. The van der Waals surface area contributed by atoms with Crippen molar-refractivity contribution in [2.45, 2.75) is 6.61 Å². The monoisotopic (exact) mass is 426 g/mol. The molecular formula is C23H16Cl2O4. The molecule has 4 rings (SSSR count). The number of carbonyl (C=O) groups is 1. The number of carbonyl (C=O) groups excluding carboxylic acids is 1. The van der Waals surface area contributed by atoms with Gasteiger partial charge in [0.05, 0.1) is 22.7 Å². The summed E-state index contributed by atoms with van der Waals surface area (Å²) in [4.78, 5) is 12.6. The summed E-state index contributed by atoms with van der Waals surface area (Å²) in [6.07, 6.45) is 1.59. The van der Waals surface area contributed by atoms with Crippen molar-refractivity contribution < 1.29 is 19.0 Å². The van der Waals surface area contributed by atoms with Crippen molar-refractivity contribution in [3.8, 4) is 17.2 Å². The number of benzene rings is 3. The molecule has 0 bridgehead atoms. The molecule has 0 fully saturated rings. The van der Waals surface area contributed by atoms with Crippen LogP contribution in [0, 0.1) is 0 Å². The smallest absolute Gasteiger partial charge is 0.231 e. The second kappa shape index (κ2) is 8.19. The lowest BCUT2D eigenvalue weighted by Crippen LogP contribution is -1.98. The van der Waals surface area contributed by atoms with Gasteiger partial charge in [0, 0.05) is 6.07 Å². The van der Waals surface area contributed by atoms with Crippen LogP contribution in [0.5, 0.6) is 17.2 Å². The lowest BCUT2D eigenvalue weighted by molar-refractivity contribution is 0.101. The average molecular weight is 427 g/mol. The highest BCUT2D eigenvalue weighted by Crippen LogP contribution is 2.36. The molecule has 3 aromatic carbocycles. The zero-order valence-electron chi connectivity index (χ0n) is 15.4. The highest BCUT2D eigenvalue weighted by molar-refractivity contribution is 6.43. The summed E-state index contributed by atoms with van der Waals surface area (Å²) < 4.78 is 16.7. The highest BCUT2D eigenvalue weighted by Gasteiger charge is 2.28. The molecule has 0 N–H and O–H groups in total. The van der Waals surface area contributed by atoms with Crippen LogP contribution in [0.3, 0.4) is 0 Å². The Morgan fingerprint density at radius 3 is 2.52 bits per heavy atom. The van der Waals surface area contributed by atoms with Crippen LogP contribution in [0.1, 0.15) is 21.5 Å². The minimum absolute atomic E-state index is 0.191. The third-order valence-electron chi connectivity index (χ3n) is 4.47. The molecule has 0 atom stereocenters. The van der Waals surface area contributed by atoms with Crippen molar-refractivity contribution >= 4 is 35.1 Å². The maximum absolute atomic E-state index is 12.6. The van der Waals surface area contributed by atoms with Crippen LogP contribution in [0.15, 0.2) is 66.4 Å². The molecule has 29 heavy (non-hydrogen) atoms. The van der Waals surface area contributed by atoms with Crippen LogP contribution in [-0.2, 0) is 6.61 Å². The zero-order valence-corrected chi connectivity index (χ0v) is 17.0. The van der Waals surface area contributed by atoms with Crippen molar-refractivity contribution in [3.05, 3.63) is 93.2 Å². The van der Waals surface area contributed by atoms with Crippen LogP contribution in [-0.4, -0.2) is 12.9 Å². The molecule has 4 nitrogen and oxygen atoms in total. The van der Waals surface area contributed by atoms with E-state index in [0.717, 1.165) is 11.3 Å². The van der Waals surface area contributed by atoms with Crippen molar-refractivity contribution in [1.29, 1.82) is 0 Å². The topological polar surface area (TPSA) is 44.8 Å². The van der Waals surface area contributed by atoms with Crippen LogP contribution >= 0.6 is 23.2 Å². The first kappa shape index (κ1) is 19.4. The molecular weight excluding hydrogens is 411 g/mol. The van der Waals surface area contributed by atoms with E-state index in [9.17, 15) is 4.79 Å². The van der Waals surface area contributed by atoms with Gasteiger partial charge in [-0.3, -0.25) is 4.79 Å². The fraction of sp³-hybridized carbons (Fsp3) is 0.0870. The zero-order chi connectivity index (χ0) is 20.4. The van der Waals surface area contributed by atoms with E-state index in [1.165, 1.54) is 0 Å². The van der Waals surface area contributed by atoms with E-state index in [1.54, 1.807) is 49.6 Å². The van der Waals surface area contributed by atoms with Crippen molar-refractivity contribution in [2.75, 3.05) is 7.11 Å². The molecule has 146 valence electrons. The summed E-state index contributed by atoms with van der Waals surface area (Å²) in [7, 11) is 1.63. The molecule has 0 aliphatic carbocycles. The fourth-order valence-electron chi connectivity index (χ4n) is 2.92. The normalized spacial score (nSPS) is 13.9. The van der Waals surface area contributed by atoms with Crippen molar-refractivity contribution in [2.24, 2.45) is 0 Å². The molecule has 1 heterocycles. The van der Waals surface area contributed by atoms with Gasteiger partial charge < -0.3 is 14.2 Å². The van der Waals surface area contributed by atoms with Gasteiger partial charge in [0.15, 0.2) is 5.76 Å². The number of fused-ring (bicyclic) bond motifs is 1.